The second-order valence-electron chi connectivity index (χ2n) is 4.92. The monoisotopic (exact) mass is 254 g/mol. The summed E-state index contributed by atoms with van der Waals surface area (Å²) < 4.78 is 0. The van der Waals surface area contributed by atoms with Gasteiger partial charge in [0.05, 0.1) is 17.3 Å². The number of hydrogen-bond donors (Lipinski definition) is 2. The molecule has 5 nitrogen and oxygen atoms in total. The fraction of sp³-hybridized carbons (Fsp3) is 0.357. The number of hydrogen-bond acceptors (Lipinski definition) is 5. The van der Waals surface area contributed by atoms with Gasteiger partial charge in [0.25, 0.3) is 0 Å². The molecule has 1 heterocycles. The minimum atomic E-state index is -0.158. The molecule has 1 aliphatic rings. The van der Waals surface area contributed by atoms with Gasteiger partial charge in [-0.2, -0.15) is 5.26 Å². The molecule has 0 saturated heterocycles. The standard InChI is InChI=1S/C14H14N4O/c15-7-13-14(16-8-9-5-10(19)6-9)11-3-1-2-4-12(11)17-18-13/h1-4,9-10,19H,5-6,8H2,(H,16,17). The number of nitrogens with zero attached hydrogens (tertiary/aromatic N) is 3. The lowest BCUT2D eigenvalue weighted by molar-refractivity contribution is 0.0487. The highest BCUT2D eigenvalue weighted by Gasteiger charge is 2.27. The molecule has 2 aromatic rings. The van der Waals surface area contributed by atoms with E-state index in [2.05, 4.69) is 21.6 Å². The van der Waals surface area contributed by atoms with E-state index in [0.29, 0.717) is 11.6 Å². The van der Waals surface area contributed by atoms with Crippen LogP contribution in [0.1, 0.15) is 18.5 Å². The number of fused-ring (bicyclic) bond motifs is 1. The van der Waals surface area contributed by atoms with Crippen LogP contribution >= 0.6 is 0 Å². The Morgan fingerprint density at radius 2 is 2.11 bits per heavy atom. The van der Waals surface area contributed by atoms with E-state index in [1.807, 2.05) is 24.3 Å². The highest BCUT2D eigenvalue weighted by atomic mass is 16.3. The molecule has 1 aromatic heterocycles. The normalized spacial score (nSPS) is 21.7. The first-order valence-corrected chi connectivity index (χ1v) is 6.35. The lowest BCUT2D eigenvalue weighted by Crippen LogP contribution is -2.33. The van der Waals surface area contributed by atoms with Crippen LogP contribution in [0.4, 0.5) is 5.69 Å². The Morgan fingerprint density at radius 3 is 2.84 bits per heavy atom. The van der Waals surface area contributed by atoms with E-state index in [1.54, 1.807) is 0 Å². The summed E-state index contributed by atoms with van der Waals surface area (Å²) in [5, 5.41) is 30.6. The Balaban J connectivity index is 1.89. The Kier molecular flexibility index (Phi) is 3.02. The van der Waals surface area contributed by atoms with Gasteiger partial charge in [-0.3, -0.25) is 0 Å². The third-order valence-corrected chi connectivity index (χ3v) is 3.55. The van der Waals surface area contributed by atoms with Gasteiger partial charge >= 0.3 is 0 Å². The molecule has 1 saturated carbocycles. The SMILES string of the molecule is N#Cc1nnc2ccccc2c1NCC1CC(O)C1. The number of benzene rings is 1. The Labute approximate surface area is 110 Å². The summed E-state index contributed by atoms with van der Waals surface area (Å²) >= 11 is 0. The second-order valence-corrected chi connectivity index (χ2v) is 4.92. The second kappa shape index (κ2) is 4.82. The zero-order valence-electron chi connectivity index (χ0n) is 10.4. The van der Waals surface area contributed by atoms with Crippen molar-refractivity contribution in [3.05, 3.63) is 30.0 Å². The Morgan fingerprint density at radius 1 is 1.32 bits per heavy atom. The lowest BCUT2D eigenvalue weighted by atomic mass is 9.82. The number of rotatable bonds is 3. The predicted octanol–water partition coefficient (Wildman–Crippen LogP) is 1.68. The molecule has 0 spiro atoms. The number of anilines is 1. The zero-order chi connectivity index (χ0) is 13.2. The van der Waals surface area contributed by atoms with Gasteiger partial charge in [0.15, 0.2) is 5.69 Å². The van der Waals surface area contributed by atoms with Crippen molar-refractivity contribution in [1.29, 1.82) is 5.26 Å². The molecule has 19 heavy (non-hydrogen) atoms. The number of aromatic nitrogens is 2. The van der Waals surface area contributed by atoms with Crippen LogP contribution in [0.5, 0.6) is 0 Å². The maximum Gasteiger partial charge on any atom is 0.186 e. The molecular weight excluding hydrogens is 240 g/mol. The van der Waals surface area contributed by atoms with Gasteiger partial charge in [-0.05, 0) is 24.8 Å². The fourth-order valence-corrected chi connectivity index (χ4v) is 2.42. The first-order valence-electron chi connectivity index (χ1n) is 6.35. The van der Waals surface area contributed by atoms with Gasteiger partial charge in [-0.1, -0.05) is 18.2 Å². The third kappa shape index (κ3) is 2.23. The first-order chi connectivity index (χ1) is 9.28. The van der Waals surface area contributed by atoms with Crippen molar-refractivity contribution in [2.24, 2.45) is 5.92 Å². The molecule has 96 valence electrons. The molecule has 0 radical (unpaired) electrons. The molecule has 1 aromatic carbocycles. The molecule has 2 N–H and O–H groups in total. The molecule has 0 aliphatic heterocycles. The van der Waals surface area contributed by atoms with Crippen LogP contribution < -0.4 is 5.32 Å². The van der Waals surface area contributed by atoms with Crippen molar-refractivity contribution >= 4 is 16.6 Å². The van der Waals surface area contributed by atoms with Crippen LogP contribution in [0.2, 0.25) is 0 Å². The van der Waals surface area contributed by atoms with Gasteiger partial charge < -0.3 is 10.4 Å². The van der Waals surface area contributed by atoms with E-state index in [9.17, 15) is 5.11 Å². The van der Waals surface area contributed by atoms with Crippen LogP contribution in [0.3, 0.4) is 0 Å². The van der Waals surface area contributed by atoms with E-state index in [-0.39, 0.29) is 6.10 Å². The summed E-state index contributed by atoms with van der Waals surface area (Å²) in [5.41, 5.74) is 1.84. The highest BCUT2D eigenvalue weighted by Crippen LogP contribution is 2.29. The van der Waals surface area contributed by atoms with Crippen molar-refractivity contribution < 1.29 is 5.11 Å². The minimum absolute atomic E-state index is 0.158. The summed E-state index contributed by atoms with van der Waals surface area (Å²) in [4.78, 5) is 0. The van der Waals surface area contributed by atoms with Crippen LogP contribution in [-0.4, -0.2) is 28.0 Å². The molecule has 1 fully saturated rings. The average Bonchev–Trinajstić information content (AvgIpc) is 2.42. The van der Waals surface area contributed by atoms with Gasteiger partial charge in [-0.25, -0.2) is 0 Å². The van der Waals surface area contributed by atoms with E-state index in [0.717, 1.165) is 36.0 Å². The number of aliphatic hydroxyl groups excluding tert-OH is 1. The summed E-state index contributed by atoms with van der Waals surface area (Å²) in [6.45, 7) is 0.751. The average molecular weight is 254 g/mol. The summed E-state index contributed by atoms with van der Waals surface area (Å²) in [6, 6.07) is 9.70. The molecule has 1 aliphatic carbocycles. The third-order valence-electron chi connectivity index (χ3n) is 3.55. The maximum atomic E-state index is 9.29. The summed E-state index contributed by atoms with van der Waals surface area (Å²) in [6.07, 6.45) is 1.49. The Bertz CT molecular complexity index is 643. The molecule has 3 rings (SSSR count). The van der Waals surface area contributed by atoms with E-state index in [4.69, 9.17) is 5.26 Å². The quantitative estimate of drug-likeness (QED) is 0.871. The van der Waals surface area contributed by atoms with E-state index in [1.165, 1.54) is 0 Å². The van der Waals surface area contributed by atoms with Gasteiger partial charge in [0.2, 0.25) is 0 Å². The lowest BCUT2D eigenvalue weighted by Gasteiger charge is -2.31. The van der Waals surface area contributed by atoms with E-state index < -0.39 is 0 Å². The van der Waals surface area contributed by atoms with Crippen LogP contribution in [0.15, 0.2) is 24.3 Å². The summed E-state index contributed by atoms with van der Waals surface area (Å²) in [7, 11) is 0. The first kappa shape index (κ1) is 11.9. The molecule has 0 unspecified atom stereocenters. The molecular formula is C14H14N4O. The molecule has 0 amide bonds. The van der Waals surface area contributed by atoms with Gasteiger partial charge in [-0.15, -0.1) is 10.2 Å². The maximum absolute atomic E-state index is 9.29. The van der Waals surface area contributed by atoms with Crippen molar-refractivity contribution in [2.45, 2.75) is 18.9 Å². The molecule has 0 bridgehead atoms. The largest absolute Gasteiger partial charge is 0.393 e. The zero-order valence-corrected chi connectivity index (χ0v) is 10.4. The van der Waals surface area contributed by atoms with Crippen molar-refractivity contribution in [3.63, 3.8) is 0 Å². The number of nitrogens with one attached hydrogen (secondary N) is 1. The van der Waals surface area contributed by atoms with E-state index >= 15 is 0 Å². The van der Waals surface area contributed by atoms with Crippen molar-refractivity contribution in [2.75, 3.05) is 11.9 Å². The van der Waals surface area contributed by atoms with Crippen LogP contribution in [-0.2, 0) is 0 Å². The molecule has 0 atom stereocenters. The van der Waals surface area contributed by atoms with Crippen LogP contribution in [0.25, 0.3) is 10.9 Å². The van der Waals surface area contributed by atoms with Gasteiger partial charge in [0, 0.05) is 11.9 Å². The smallest absolute Gasteiger partial charge is 0.186 e. The topological polar surface area (TPSA) is 81.8 Å². The Hall–Kier alpha value is -2.19. The van der Waals surface area contributed by atoms with Gasteiger partial charge in [0.1, 0.15) is 6.07 Å². The fourth-order valence-electron chi connectivity index (χ4n) is 2.42. The summed E-state index contributed by atoms with van der Waals surface area (Å²) in [5.74, 6) is 0.466. The number of nitriles is 1. The van der Waals surface area contributed by atoms with Crippen molar-refractivity contribution in [3.8, 4) is 6.07 Å². The minimum Gasteiger partial charge on any atom is -0.393 e. The van der Waals surface area contributed by atoms with Crippen LogP contribution in [0, 0.1) is 17.2 Å². The predicted molar refractivity (Wildman–Crippen MR) is 71.5 cm³/mol. The van der Waals surface area contributed by atoms with Crippen molar-refractivity contribution in [1.82, 2.24) is 10.2 Å². The molecule has 5 heteroatoms. The highest BCUT2D eigenvalue weighted by molar-refractivity contribution is 5.92. The number of aliphatic hydroxyl groups is 1.